The van der Waals surface area contributed by atoms with Crippen molar-refractivity contribution in [2.45, 2.75) is 24.3 Å². The molecule has 0 saturated carbocycles. The largest absolute Gasteiger partial charge is 0.468 e. The Hall–Kier alpha value is -2.89. The van der Waals surface area contributed by atoms with E-state index in [0.29, 0.717) is 24.2 Å². The lowest BCUT2D eigenvalue weighted by Gasteiger charge is -2.05. The number of nitrogens with one attached hydrogen (secondary N) is 1. The summed E-state index contributed by atoms with van der Waals surface area (Å²) >= 11 is 0. The van der Waals surface area contributed by atoms with Crippen LogP contribution in [0.5, 0.6) is 0 Å². The van der Waals surface area contributed by atoms with Gasteiger partial charge >= 0.3 is 5.97 Å². The second kappa shape index (κ2) is 9.56. The maximum Gasteiger partial charge on any atom is 0.330 e. The number of furan rings is 1. The Morgan fingerprint density at radius 1 is 1.27 bits per heavy atom. The number of rotatable bonds is 9. The zero-order valence-corrected chi connectivity index (χ0v) is 14.7. The van der Waals surface area contributed by atoms with Crippen molar-refractivity contribution in [2.24, 2.45) is 0 Å². The summed E-state index contributed by atoms with van der Waals surface area (Å²) in [6, 6.07) is 11.4. The van der Waals surface area contributed by atoms with E-state index in [2.05, 4.69) is 4.72 Å². The van der Waals surface area contributed by atoms with Crippen molar-refractivity contribution in [3.05, 3.63) is 60.1 Å². The van der Waals surface area contributed by atoms with Gasteiger partial charge in [0.15, 0.2) is 0 Å². The summed E-state index contributed by atoms with van der Waals surface area (Å²) in [5.74, 6) is 0.00108. The van der Waals surface area contributed by atoms with Gasteiger partial charge in [-0.1, -0.05) is 12.1 Å². The van der Waals surface area contributed by atoms with Crippen LogP contribution in [0.15, 0.2) is 58.1 Å². The summed E-state index contributed by atoms with van der Waals surface area (Å²) in [5.41, 5.74) is 0.656. The molecule has 0 atom stereocenters. The van der Waals surface area contributed by atoms with Gasteiger partial charge in [0.25, 0.3) is 0 Å². The van der Waals surface area contributed by atoms with E-state index in [4.69, 9.17) is 14.4 Å². The lowest BCUT2D eigenvalue weighted by Crippen LogP contribution is -2.22. The first-order valence-corrected chi connectivity index (χ1v) is 9.33. The number of hydrogen-bond acceptors (Lipinski definition) is 6. The number of esters is 1. The summed E-state index contributed by atoms with van der Waals surface area (Å²) in [5, 5.41) is 8.39. The van der Waals surface area contributed by atoms with Crippen molar-refractivity contribution < 1.29 is 22.4 Å². The van der Waals surface area contributed by atoms with Gasteiger partial charge in [-0.2, -0.15) is 5.26 Å². The van der Waals surface area contributed by atoms with Crippen LogP contribution in [0.25, 0.3) is 6.08 Å². The molecule has 0 aliphatic heterocycles. The van der Waals surface area contributed by atoms with Crippen LogP contribution in [-0.2, 0) is 26.1 Å². The van der Waals surface area contributed by atoms with Gasteiger partial charge < -0.3 is 9.15 Å². The van der Waals surface area contributed by atoms with Crippen molar-refractivity contribution in [2.75, 3.05) is 6.61 Å². The molecule has 1 aromatic heterocycles. The van der Waals surface area contributed by atoms with E-state index in [0.717, 1.165) is 0 Å². The molecule has 0 aliphatic carbocycles. The lowest BCUT2D eigenvalue weighted by atomic mass is 10.2. The number of sulfonamides is 1. The molecule has 8 heteroatoms. The van der Waals surface area contributed by atoms with E-state index in [9.17, 15) is 13.2 Å². The topological polar surface area (TPSA) is 109 Å². The highest BCUT2D eigenvalue weighted by atomic mass is 32.2. The van der Waals surface area contributed by atoms with Crippen LogP contribution in [0.4, 0.5) is 0 Å². The smallest absolute Gasteiger partial charge is 0.330 e. The maximum absolute atomic E-state index is 12.2. The van der Waals surface area contributed by atoms with Crippen LogP contribution in [0.3, 0.4) is 0 Å². The fraction of sp³-hybridized carbons (Fsp3) is 0.222. The summed E-state index contributed by atoms with van der Waals surface area (Å²) < 4.78 is 36.9. The Morgan fingerprint density at radius 3 is 2.69 bits per heavy atom. The molecule has 2 rings (SSSR count). The van der Waals surface area contributed by atoms with Crippen molar-refractivity contribution in [1.29, 1.82) is 5.26 Å². The molecule has 0 fully saturated rings. The molecule has 0 saturated heterocycles. The molecule has 136 valence electrons. The Balaban J connectivity index is 1.89. The molecule has 7 nitrogen and oxygen atoms in total. The predicted molar refractivity (Wildman–Crippen MR) is 94.0 cm³/mol. The highest BCUT2D eigenvalue weighted by molar-refractivity contribution is 7.89. The quantitative estimate of drug-likeness (QED) is 0.410. The fourth-order valence-electron chi connectivity index (χ4n) is 1.96. The molecule has 1 heterocycles. The van der Waals surface area contributed by atoms with Crippen LogP contribution in [0, 0.1) is 11.3 Å². The molecule has 0 radical (unpaired) electrons. The third-order valence-corrected chi connectivity index (χ3v) is 4.71. The van der Waals surface area contributed by atoms with Crippen LogP contribution < -0.4 is 4.72 Å². The molecule has 2 aromatic rings. The van der Waals surface area contributed by atoms with Gasteiger partial charge in [0, 0.05) is 12.5 Å². The van der Waals surface area contributed by atoms with E-state index < -0.39 is 16.0 Å². The van der Waals surface area contributed by atoms with Crippen LogP contribution >= 0.6 is 0 Å². The Kier molecular flexibility index (Phi) is 7.14. The minimum Gasteiger partial charge on any atom is -0.468 e. The molecule has 1 aromatic carbocycles. The summed E-state index contributed by atoms with van der Waals surface area (Å²) in [6.07, 6.45) is 5.08. The van der Waals surface area contributed by atoms with E-state index in [1.807, 2.05) is 6.07 Å². The van der Waals surface area contributed by atoms with E-state index in [1.165, 1.54) is 30.5 Å². The highest BCUT2D eigenvalue weighted by Gasteiger charge is 2.13. The standard InChI is InChI=1S/C18H18N2O5S/c19-11-1-2-12-25-18(21)10-7-15-5-8-17(9-6-15)26(22,23)20-14-16-4-3-13-24-16/h3-10,13,20H,1-2,12,14H2/b10-7+. The fourth-order valence-corrected chi connectivity index (χ4v) is 2.95. The zero-order chi connectivity index (χ0) is 18.8. The number of carbonyl (C=O) groups excluding carboxylic acids is 1. The Labute approximate surface area is 151 Å². The van der Waals surface area contributed by atoms with Gasteiger partial charge in [0.1, 0.15) is 5.76 Å². The number of nitrogens with zero attached hydrogens (tertiary/aromatic N) is 1. The summed E-state index contributed by atoms with van der Waals surface area (Å²) in [4.78, 5) is 11.6. The average Bonchev–Trinajstić information content (AvgIpc) is 3.16. The van der Waals surface area contributed by atoms with E-state index in [-0.39, 0.29) is 18.0 Å². The molecule has 0 amide bonds. The average molecular weight is 374 g/mol. The highest BCUT2D eigenvalue weighted by Crippen LogP contribution is 2.12. The van der Waals surface area contributed by atoms with E-state index >= 15 is 0 Å². The molecule has 0 bridgehead atoms. The maximum atomic E-state index is 12.2. The molecule has 0 unspecified atom stereocenters. The van der Waals surface area contributed by atoms with Gasteiger partial charge in [0.2, 0.25) is 10.0 Å². The normalized spacial score (nSPS) is 11.3. The van der Waals surface area contributed by atoms with Crippen molar-refractivity contribution in [3.8, 4) is 6.07 Å². The van der Waals surface area contributed by atoms with Crippen LogP contribution in [0.2, 0.25) is 0 Å². The minimum atomic E-state index is -3.65. The van der Waals surface area contributed by atoms with Gasteiger partial charge in [-0.3, -0.25) is 0 Å². The van der Waals surface area contributed by atoms with E-state index in [1.54, 1.807) is 24.3 Å². The van der Waals surface area contributed by atoms with Crippen molar-refractivity contribution in [3.63, 3.8) is 0 Å². The van der Waals surface area contributed by atoms with Crippen LogP contribution in [-0.4, -0.2) is 21.0 Å². The zero-order valence-electron chi connectivity index (χ0n) is 13.9. The van der Waals surface area contributed by atoms with Gasteiger partial charge in [0.05, 0.1) is 30.4 Å². The minimum absolute atomic E-state index is 0.0641. The SMILES string of the molecule is N#CCCCOC(=O)/C=C/c1ccc(S(=O)(=O)NCc2ccco2)cc1. The van der Waals surface area contributed by atoms with Crippen LogP contribution in [0.1, 0.15) is 24.2 Å². The molecule has 0 spiro atoms. The van der Waals surface area contributed by atoms with Gasteiger partial charge in [-0.15, -0.1) is 0 Å². The molecule has 1 N–H and O–H groups in total. The second-order valence-corrected chi connectivity index (χ2v) is 7.00. The third-order valence-electron chi connectivity index (χ3n) is 3.30. The van der Waals surface area contributed by atoms with Gasteiger partial charge in [-0.25, -0.2) is 17.9 Å². The molecule has 26 heavy (non-hydrogen) atoms. The Bertz CT molecular complexity index is 879. The van der Waals surface area contributed by atoms with Crippen molar-refractivity contribution in [1.82, 2.24) is 4.72 Å². The molecule has 0 aliphatic rings. The first-order chi connectivity index (χ1) is 12.5. The monoisotopic (exact) mass is 374 g/mol. The first-order valence-electron chi connectivity index (χ1n) is 7.85. The first kappa shape index (κ1) is 19.4. The number of benzene rings is 1. The summed E-state index contributed by atoms with van der Waals surface area (Å²) in [7, 11) is -3.65. The number of nitriles is 1. The molecular formula is C18H18N2O5S. The number of hydrogen-bond donors (Lipinski definition) is 1. The number of unbranched alkanes of at least 4 members (excludes halogenated alkanes) is 1. The second-order valence-electron chi connectivity index (χ2n) is 5.24. The lowest BCUT2D eigenvalue weighted by molar-refractivity contribution is -0.137. The summed E-state index contributed by atoms with van der Waals surface area (Å²) in [6.45, 7) is 0.254. The number of carbonyl (C=O) groups is 1. The predicted octanol–water partition coefficient (Wildman–Crippen LogP) is 2.62. The Morgan fingerprint density at radius 2 is 2.04 bits per heavy atom. The third kappa shape index (κ3) is 6.20. The number of ether oxygens (including phenoxy) is 1. The van der Waals surface area contributed by atoms with Crippen molar-refractivity contribution >= 4 is 22.1 Å². The molecular weight excluding hydrogens is 356 g/mol. The van der Waals surface area contributed by atoms with Gasteiger partial charge in [-0.05, 0) is 42.3 Å².